The zero-order valence-electron chi connectivity index (χ0n) is 15.4. The summed E-state index contributed by atoms with van der Waals surface area (Å²) >= 11 is 2.57. The number of aromatic nitrogens is 4. The molecule has 3 rings (SSSR count). The van der Waals surface area contributed by atoms with Gasteiger partial charge < -0.3 is 14.5 Å². The number of esters is 1. The van der Waals surface area contributed by atoms with Gasteiger partial charge in [-0.25, -0.2) is 9.48 Å². The third-order valence-electron chi connectivity index (χ3n) is 3.60. The van der Waals surface area contributed by atoms with E-state index in [-0.39, 0.29) is 18.3 Å². The second-order valence-corrected chi connectivity index (χ2v) is 7.64. The Labute approximate surface area is 169 Å². The van der Waals surface area contributed by atoms with Crippen LogP contribution in [-0.4, -0.2) is 44.4 Å². The molecule has 0 radical (unpaired) electrons. The van der Waals surface area contributed by atoms with Crippen molar-refractivity contribution in [2.24, 2.45) is 0 Å². The number of ether oxygens (including phenoxy) is 1. The fraction of sp³-hybridized carbons (Fsp3) is 0.353. The summed E-state index contributed by atoms with van der Waals surface area (Å²) in [5.74, 6) is 0.111. The van der Waals surface area contributed by atoms with Gasteiger partial charge in [-0.3, -0.25) is 4.79 Å². The van der Waals surface area contributed by atoms with Crippen LogP contribution in [0, 0.1) is 0 Å². The van der Waals surface area contributed by atoms with Crippen LogP contribution in [0.25, 0.3) is 0 Å². The predicted molar refractivity (Wildman–Crippen MR) is 105 cm³/mol. The Balaban J connectivity index is 1.62. The van der Waals surface area contributed by atoms with Crippen LogP contribution >= 0.6 is 23.1 Å². The van der Waals surface area contributed by atoms with Crippen molar-refractivity contribution in [2.45, 2.75) is 32.0 Å². The third kappa shape index (κ3) is 4.98. The maximum absolute atomic E-state index is 12.4. The third-order valence-corrected chi connectivity index (χ3v) is 5.75. The summed E-state index contributed by atoms with van der Waals surface area (Å²) in [7, 11) is 0. The molecular formula is C17H19N5O4S2. The summed E-state index contributed by atoms with van der Waals surface area (Å²) in [6, 6.07) is 5.36. The average Bonchev–Trinajstić information content (AvgIpc) is 3.42. The molecule has 0 saturated heterocycles. The largest absolute Gasteiger partial charge is 0.467 e. The number of thiophene rings is 1. The Kier molecular flexibility index (Phi) is 6.82. The first-order chi connectivity index (χ1) is 13.6. The van der Waals surface area contributed by atoms with Gasteiger partial charge in [-0.15, -0.1) is 16.4 Å². The molecule has 11 heteroatoms. The lowest BCUT2D eigenvalue weighted by molar-refractivity contribution is -0.113. The number of amides is 1. The highest BCUT2D eigenvalue weighted by atomic mass is 32.2. The summed E-state index contributed by atoms with van der Waals surface area (Å²) in [6.07, 6.45) is 2.34. The zero-order chi connectivity index (χ0) is 19.9. The van der Waals surface area contributed by atoms with Crippen LogP contribution in [0.1, 0.15) is 34.8 Å². The molecule has 0 fully saturated rings. The number of hydrogen-bond donors (Lipinski definition) is 1. The van der Waals surface area contributed by atoms with E-state index in [0.29, 0.717) is 28.0 Å². The topological polar surface area (TPSA) is 112 Å². The first-order valence-corrected chi connectivity index (χ1v) is 10.4. The van der Waals surface area contributed by atoms with Crippen LogP contribution in [0.4, 0.5) is 5.00 Å². The molecule has 148 valence electrons. The number of furan rings is 1. The van der Waals surface area contributed by atoms with Gasteiger partial charge in [0.1, 0.15) is 17.3 Å². The van der Waals surface area contributed by atoms with Gasteiger partial charge in [0, 0.05) is 4.88 Å². The van der Waals surface area contributed by atoms with E-state index >= 15 is 0 Å². The maximum Gasteiger partial charge on any atom is 0.341 e. The maximum atomic E-state index is 12.4. The molecular weight excluding hydrogens is 402 g/mol. The van der Waals surface area contributed by atoms with Gasteiger partial charge in [-0.05, 0) is 42.0 Å². The lowest BCUT2D eigenvalue weighted by Gasteiger charge is -2.06. The normalized spacial score (nSPS) is 10.8. The van der Waals surface area contributed by atoms with Crippen molar-refractivity contribution in [2.75, 3.05) is 17.7 Å². The van der Waals surface area contributed by atoms with Crippen molar-refractivity contribution in [1.29, 1.82) is 0 Å². The van der Waals surface area contributed by atoms with E-state index in [1.165, 1.54) is 23.1 Å². The first kappa shape index (κ1) is 20.1. The van der Waals surface area contributed by atoms with Gasteiger partial charge in [0.25, 0.3) is 0 Å². The quantitative estimate of drug-likeness (QED) is 0.415. The van der Waals surface area contributed by atoms with Gasteiger partial charge in [0.05, 0.1) is 24.2 Å². The number of rotatable bonds is 9. The van der Waals surface area contributed by atoms with E-state index in [2.05, 4.69) is 20.8 Å². The molecule has 0 saturated carbocycles. The van der Waals surface area contributed by atoms with Crippen molar-refractivity contribution < 1.29 is 18.7 Å². The molecule has 1 amide bonds. The molecule has 0 aliphatic heterocycles. The Morgan fingerprint density at radius 2 is 2.25 bits per heavy atom. The molecule has 1 N–H and O–H groups in total. The van der Waals surface area contributed by atoms with Gasteiger partial charge in [0.15, 0.2) is 0 Å². The minimum Gasteiger partial charge on any atom is -0.467 e. The van der Waals surface area contributed by atoms with Crippen LogP contribution in [-0.2, 0) is 22.5 Å². The van der Waals surface area contributed by atoms with E-state index in [4.69, 9.17) is 9.15 Å². The van der Waals surface area contributed by atoms with E-state index in [0.717, 1.165) is 11.3 Å². The molecule has 3 aromatic heterocycles. The van der Waals surface area contributed by atoms with Crippen molar-refractivity contribution in [3.63, 3.8) is 0 Å². The average molecular weight is 422 g/mol. The fourth-order valence-corrected chi connectivity index (χ4v) is 3.99. The van der Waals surface area contributed by atoms with E-state index in [1.54, 1.807) is 30.0 Å². The van der Waals surface area contributed by atoms with Crippen LogP contribution in [0.2, 0.25) is 0 Å². The fourth-order valence-electron chi connectivity index (χ4n) is 2.31. The van der Waals surface area contributed by atoms with Crippen LogP contribution in [0.3, 0.4) is 0 Å². The summed E-state index contributed by atoms with van der Waals surface area (Å²) in [5.41, 5.74) is 0.379. The predicted octanol–water partition coefficient (Wildman–Crippen LogP) is 2.85. The summed E-state index contributed by atoms with van der Waals surface area (Å²) in [6.45, 7) is 4.38. The Morgan fingerprint density at radius 3 is 2.96 bits per heavy atom. The number of anilines is 1. The molecule has 0 unspecified atom stereocenters. The first-order valence-electron chi connectivity index (χ1n) is 8.61. The molecule has 28 heavy (non-hydrogen) atoms. The minimum absolute atomic E-state index is 0.0974. The van der Waals surface area contributed by atoms with Crippen molar-refractivity contribution in [3.8, 4) is 0 Å². The molecule has 0 atom stereocenters. The lowest BCUT2D eigenvalue weighted by Crippen LogP contribution is -2.16. The molecule has 3 heterocycles. The van der Waals surface area contributed by atoms with Crippen LogP contribution < -0.4 is 5.32 Å². The van der Waals surface area contributed by atoms with E-state index in [1.807, 2.05) is 13.0 Å². The smallest absolute Gasteiger partial charge is 0.341 e. The molecule has 0 aliphatic carbocycles. The highest BCUT2D eigenvalue weighted by Gasteiger charge is 2.19. The number of thioether (sulfide) groups is 1. The van der Waals surface area contributed by atoms with Gasteiger partial charge in [-0.1, -0.05) is 18.7 Å². The number of hydrogen-bond acceptors (Lipinski definition) is 9. The number of nitrogens with one attached hydrogen (secondary N) is 1. The summed E-state index contributed by atoms with van der Waals surface area (Å²) in [4.78, 5) is 25.5. The lowest BCUT2D eigenvalue weighted by atomic mass is 10.2. The standard InChI is InChI=1S/C17H19N5O4S2/c1-3-12-8-13(16(24)25-4-2)15(28-12)18-14(23)10-27-17-19-20-21-22(17)9-11-6-5-7-26-11/h5-8H,3-4,9-10H2,1-2H3,(H,18,23). The number of carbonyl (C=O) groups is 2. The van der Waals surface area contributed by atoms with Crippen molar-refractivity contribution in [1.82, 2.24) is 20.2 Å². The number of aryl methyl sites for hydroxylation is 1. The Morgan fingerprint density at radius 1 is 1.39 bits per heavy atom. The Bertz CT molecular complexity index is 935. The van der Waals surface area contributed by atoms with E-state index < -0.39 is 5.97 Å². The SMILES string of the molecule is CCOC(=O)c1cc(CC)sc1NC(=O)CSc1nnnn1Cc1ccco1. The molecule has 0 spiro atoms. The molecule has 0 bridgehead atoms. The molecule has 0 aromatic carbocycles. The van der Waals surface area contributed by atoms with Gasteiger partial charge in [-0.2, -0.15) is 0 Å². The van der Waals surface area contributed by atoms with Crippen LogP contribution in [0.15, 0.2) is 34.0 Å². The highest BCUT2D eigenvalue weighted by molar-refractivity contribution is 7.99. The van der Waals surface area contributed by atoms with E-state index in [9.17, 15) is 9.59 Å². The summed E-state index contributed by atoms with van der Waals surface area (Å²) in [5, 5.41) is 15.3. The molecule has 3 aromatic rings. The second-order valence-electron chi connectivity index (χ2n) is 5.56. The minimum atomic E-state index is -0.441. The second kappa shape index (κ2) is 9.51. The molecule has 9 nitrogen and oxygen atoms in total. The molecule has 0 aliphatic rings. The highest BCUT2D eigenvalue weighted by Crippen LogP contribution is 2.29. The van der Waals surface area contributed by atoms with Gasteiger partial charge >= 0.3 is 5.97 Å². The number of carbonyl (C=O) groups excluding carboxylic acids is 2. The number of tetrazole rings is 1. The summed E-state index contributed by atoms with van der Waals surface area (Å²) < 4.78 is 11.9. The van der Waals surface area contributed by atoms with Gasteiger partial charge in [0.2, 0.25) is 11.1 Å². The zero-order valence-corrected chi connectivity index (χ0v) is 17.0. The van der Waals surface area contributed by atoms with Crippen molar-refractivity contribution >= 4 is 40.0 Å². The van der Waals surface area contributed by atoms with Crippen LogP contribution in [0.5, 0.6) is 0 Å². The number of nitrogens with zero attached hydrogens (tertiary/aromatic N) is 4. The monoisotopic (exact) mass is 421 g/mol. The van der Waals surface area contributed by atoms with Crippen molar-refractivity contribution in [3.05, 3.63) is 40.7 Å². The Hall–Kier alpha value is -2.66.